The van der Waals surface area contributed by atoms with Crippen molar-refractivity contribution in [1.29, 1.82) is 0 Å². The first-order valence-electron chi connectivity index (χ1n) is 2.72. The maximum absolute atomic E-state index is 10.4. The highest BCUT2D eigenvalue weighted by Crippen LogP contribution is 2.15. The van der Waals surface area contributed by atoms with E-state index in [4.69, 9.17) is 3.07 Å². The average Bonchev–Trinajstić information content (AvgIpc) is 2.05. The van der Waals surface area contributed by atoms with Crippen molar-refractivity contribution in [2.24, 2.45) is 0 Å². The van der Waals surface area contributed by atoms with E-state index in [-0.39, 0.29) is 4.90 Å². The molecule has 0 amide bonds. The van der Waals surface area contributed by atoms with Crippen molar-refractivity contribution in [2.75, 3.05) is 0 Å². The zero-order chi connectivity index (χ0) is 8.27. The Morgan fingerprint density at radius 1 is 1.36 bits per heavy atom. The third-order valence-electron chi connectivity index (χ3n) is 1.11. The summed E-state index contributed by atoms with van der Waals surface area (Å²) < 4.78 is 25.5. The highest BCUT2D eigenvalue weighted by molar-refractivity contribution is 14.1. The van der Waals surface area contributed by atoms with E-state index in [1.165, 1.54) is 12.1 Å². The van der Waals surface area contributed by atoms with Crippen molar-refractivity contribution in [3.63, 3.8) is 0 Å². The zero-order valence-electron chi connectivity index (χ0n) is 5.32. The summed E-state index contributed by atoms with van der Waals surface area (Å²) in [5, 5.41) is 0. The van der Waals surface area contributed by atoms with Gasteiger partial charge in [0.15, 0.2) is 23.0 Å². The fraction of sp³-hybridized carbons (Fsp3) is 0. The lowest BCUT2D eigenvalue weighted by Gasteiger charge is -2.04. The highest BCUT2D eigenvalue weighted by atomic mass is 127. The van der Waals surface area contributed by atoms with Crippen LogP contribution in [0.25, 0.3) is 0 Å². The van der Waals surface area contributed by atoms with Crippen molar-refractivity contribution in [3.8, 4) is 5.75 Å². The first-order chi connectivity index (χ1) is 5.24. The summed E-state index contributed by atoms with van der Waals surface area (Å²) >= 11 is -0.419. The van der Waals surface area contributed by atoms with Crippen LogP contribution in [0.3, 0.4) is 0 Å². The molecule has 1 rings (SSSR count). The van der Waals surface area contributed by atoms with Gasteiger partial charge in [0, 0.05) is 4.90 Å². The first kappa shape index (κ1) is 8.95. The number of halogens is 1. The molecular weight excluding hydrogens is 279 g/mol. The Bertz CT molecular complexity index is 259. The van der Waals surface area contributed by atoms with Gasteiger partial charge in [-0.2, -0.15) is 0 Å². The second-order valence-electron chi connectivity index (χ2n) is 1.78. The fourth-order valence-electron chi connectivity index (χ4n) is 0.602. The largest absolute Gasteiger partial charge is 0.768 e. The van der Waals surface area contributed by atoms with E-state index in [1.54, 1.807) is 35.1 Å². The van der Waals surface area contributed by atoms with Gasteiger partial charge in [0.25, 0.3) is 0 Å². The van der Waals surface area contributed by atoms with E-state index in [0.717, 1.165) is 0 Å². The smallest absolute Gasteiger partial charge is 0.192 e. The number of hydrogen-bond donors (Lipinski definition) is 0. The molecule has 60 valence electrons. The van der Waals surface area contributed by atoms with Gasteiger partial charge in [-0.05, 0) is 35.3 Å². The molecule has 0 saturated carbocycles. The summed E-state index contributed by atoms with van der Waals surface area (Å²) in [4.78, 5) is 0.266. The van der Waals surface area contributed by atoms with Crippen LogP contribution in [0, 0.1) is 0 Å². The molecule has 0 bridgehead atoms. The molecule has 0 spiro atoms. The van der Waals surface area contributed by atoms with Crippen LogP contribution in [0.4, 0.5) is 0 Å². The normalized spacial score (nSPS) is 12.5. The standard InChI is InChI=1S/C6H5IO3S/c7-10-5-1-3-6(4-2-5)11(8)9/h1-4H,(H,8,9)/p-1. The lowest BCUT2D eigenvalue weighted by molar-refractivity contribution is 0.537. The molecule has 0 saturated heterocycles. The second kappa shape index (κ2) is 4.03. The molecule has 1 unspecified atom stereocenters. The lowest BCUT2D eigenvalue weighted by Crippen LogP contribution is -1.87. The van der Waals surface area contributed by atoms with Gasteiger partial charge in [-0.25, -0.2) is 0 Å². The van der Waals surface area contributed by atoms with Gasteiger partial charge in [-0.3, -0.25) is 4.21 Å². The van der Waals surface area contributed by atoms with Gasteiger partial charge in [0.2, 0.25) is 0 Å². The monoisotopic (exact) mass is 283 g/mol. The predicted octanol–water partition coefficient (Wildman–Crippen LogP) is 1.65. The third kappa shape index (κ3) is 2.42. The van der Waals surface area contributed by atoms with Crippen molar-refractivity contribution in [3.05, 3.63) is 24.3 Å². The summed E-state index contributed by atoms with van der Waals surface area (Å²) in [6.07, 6.45) is 0. The average molecular weight is 283 g/mol. The summed E-state index contributed by atoms with van der Waals surface area (Å²) in [7, 11) is 0. The first-order valence-corrected chi connectivity index (χ1v) is 4.67. The van der Waals surface area contributed by atoms with Gasteiger partial charge >= 0.3 is 0 Å². The van der Waals surface area contributed by atoms with E-state index >= 15 is 0 Å². The molecule has 0 radical (unpaired) electrons. The Morgan fingerprint density at radius 3 is 2.27 bits per heavy atom. The van der Waals surface area contributed by atoms with E-state index < -0.39 is 11.1 Å². The Morgan fingerprint density at radius 2 is 1.91 bits per heavy atom. The summed E-state index contributed by atoms with van der Waals surface area (Å²) in [5.41, 5.74) is 0. The van der Waals surface area contributed by atoms with E-state index in [9.17, 15) is 8.76 Å². The maximum atomic E-state index is 10.4. The van der Waals surface area contributed by atoms with Crippen LogP contribution in [0.15, 0.2) is 29.2 Å². The van der Waals surface area contributed by atoms with Crippen molar-refractivity contribution in [2.45, 2.75) is 4.90 Å². The molecule has 0 heterocycles. The van der Waals surface area contributed by atoms with Gasteiger partial charge in [-0.1, -0.05) is 0 Å². The van der Waals surface area contributed by atoms with Crippen LogP contribution in [0.5, 0.6) is 5.75 Å². The maximum Gasteiger partial charge on any atom is 0.192 e. The van der Waals surface area contributed by atoms with Crippen molar-refractivity contribution < 1.29 is 11.8 Å². The van der Waals surface area contributed by atoms with Gasteiger partial charge < -0.3 is 7.62 Å². The summed E-state index contributed by atoms with van der Waals surface area (Å²) in [6, 6.07) is 6.16. The second-order valence-corrected chi connectivity index (χ2v) is 3.16. The van der Waals surface area contributed by atoms with Crippen LogP contribution in [-0.2, 0) is 11.1 Å². The quantitative estimate of drug-likeness (QED) is 0.612. The minimum Gasteiger partial charge on any atom is -0.768 e. The molecule has 1 aromatic rings. The highest BCUT2D eigenvalue weighted by Gasteiger charge is 1.92. The third-order valence-corrected chi connectivity index (χ3v) is 2.27. The van der Waals surface area contributed by atoms with Gasteiger partial charge in [0.05, 0.1) is 0 Å². The number of benzene rings is 1. The molecule has 1 atom stereocenters. The van der Waals surface area contributed by atoms with Crippen molar-refractivity contribution in [1.82, 2.24) is 0 Å². The van der Waals surface area contributed by atoms with Crippen LogP contribution in [0.2, 0.25) is 0 Å². The molecule has 11 heavy (non-hydrogen) atoms. The number of rotatable bonds is 2. The molecule has 3 nitrogen and oxygen atoms in total. The topological polar surface area (TPSA) is 49.4 Å². The van der Waals surface area contributed by atoms with Gasteiger partial charge in [0.1, 0.15) is 5.75 Å². The molecule has 0 fully saturated rings. The molecule has 0 aliphatic rings. The minimum absolute atomic E-state index is 0.266. The Labute approximate surface area is 80.7 Å². The van der Waals surface area contributed by atoms with Crippen molar-refractivity contribution >= 4 is 34.1 Å². The summed E-state index contributed by atoms with van der Waals surface area (Å²) in [6.45, 7) is 0. The Kier molecular flexibility index (Phi) is 3.28. The summed E-state index contributed by atoms with van der Waals surface area (Å²) in [5.74, 6) is 0.639. The van der Waals surface area contributed by atoms with Crippen LogP contribution in [-0.4, -0.2) is 8.76 Å². The van der Waals surface area contributed by atoms with Crippen LogP contribution >= 0.6 is 23.0 Å². The number of hydrogen-bond acceptors (Lipinski definition) is 3. The molecule has 0 aliphatic carbocycles. The Balaban J connectivity index is 2.91. The molecule has 1 aromatic carbocycles. The molecule has 5 heteroatoms. The zero-order valence-corrected chi connectivity index (χ0v) is 8.29. The van der Waals surface area contributed by atoms with E-state index in [2.05, 4.69) is 0 Å². The predicted molar refractivity (Wildman–Crippen MR) is 48.3 cm³/mol. The van der Waals surface area contributed by atoms with Gasteiger partial charge in [-0.15, -0.1) is 0 Å². The van der Waals surface area contributed by atoms with Crippen LogP contribution in [0.1, 0.15) is 0 Å². The van der Waals surface area contributed by atoms with E-state index in [1.807, 2.05) is 0 Å². The van der Waals surface area contributed by atoms with E-state index in [0.29, 0.717) is 5.75 Å². The molecule has 0 N–H and O–H groups in total. The molecular formula is C6H4IO3S-. The molecule has 0 aliphatic heterocycles. The fourth-order valence-corrected chi connectivity index (χ4v) is 1.25. The van der Waals surface area contributed by atoms with Crippen LogP contribution < -0.4 is 3.07 Å². The Hall–Kier alpha value is -0.140. The molecule has 0 aromatic heterocycles. The minimum atomic E-state index is -2.15. The SMILES string of the molecule is O=S([O-])c1ccc(OI)cc1. The lowest BCUT2D eigenvalue weighted by atomic mass is 10.3.